The molecule has 0 spiro atoms. The summed E-state index contributed by atoms with van der Waals surface area (Å²) < 4.78 is 67.6. The highest BCUT2D eigenvalue weighted by molar-refractivity contribution is 6.05. The Morgan fingerprint density at radius 1 is 0.927 bits per heavy atom. The topological polar surface area (TPSA) is 61.1 Å². The van der Waals surface area contributed by atoms with Gasteiger partial charge in [-0.05, 0) is 56.3 Å². The van der Waals surface area contributed by atoms with Gasteiger partial charge >= 0.3 is 0 Å². The van der Waals surface area contributed by atoms with Crippen LogP contribution in [-0.4, -0.2) is 37.6 Å². The van der Waals surface area contributed by atoms with E-state index in [-0.39, 0.29) is 30.2 Å². The van der Waals surface area contributed by atoms with E-state index in [4.69, 9.17) is 14.6 Å². The second-order valence-corrected chi connectivity index (χ2v) is 10.1. The van der Waals surface area contributed by atoms with Gasteiger partial charge in [-0.2, -0.15) is 10.4 Å². The third kappa shape index (κ3) is 5.94. The molecular formula is C31H30F4N4O2. The number of rotatable bonds is 8. The van der Waals surface area contributed by atoms with Crippen LogP contribution >= 0.6 is 0 Å². The first kappa shape index (κ1) is 28.3. The Balaban J connectivity index is 1.25. The molecule has 0 amide bonds. The molecule has 3 aromatic rings. The van der Waals surface area contributed by atoms with E-state index in [2.05, 4.69) is 6.07 Å². The molecule has 3 aromatic carbocycles. The predicted molar refractivity (Wildman–Crippen MR) is 148 cm³/mol. The summed E-state index contributed by atoms with van der Waals surface area (Å²) in [6.45, 7) is 5.09. The highest BCUT2D eigenvalue weighted by Crippen LogP contribution is 2.35. The van der Waals surface area contributed by atoms with Gasteiger partial charge in [-0.15, -0.1) is 0 Å². The molecule has 0 bridgehead atoms. The normalized spacial score (nSPS) is 19.2. The van der Waals surface area contributed by atoms with E-state index in [1.54, 1.807) is 16.8 Å². The summed E-state index contributed by atoms with van der Waals surface area (Å²) in [5.41, 5.74) is 1.94. The van der Waals surface area contributed by atoms with Crippen molar-refractivity contribution >= 4 is 17.1 Å². The highest BCUT2D eigenvalue weighted by Gasteiger charge is 2.36. The van der Waals surface area contributed by atoms with Crippen LogP contribution < -0.4 is 19.4 Å². The van der Waals surface area contributed by atoms with Gasteiger partial charge in [0.25, 0.3) is 0 Å². The van der Waals surface area contributed by atoms with Gasteiger partial charge in [0.15, 0.2) is 23.3 Å². The fourth-order valence-electron chi connectivity index (χ4n) is 5.38. The number of nitriles is 1. The van der Waals surface area contributed by atoms with Crippen LogP contribution in [0.15, 0.2) is 59.7 Å². The summed E-state index contributed by atoms with van der Waals surface area (Å²) in [4.78, 5) is 1.80. The standard InChI is InChI=1S/C31H30F4N4O2/c1-3-40-24-17-28(34)30(35)29(18-24)38-14-11-23(12-15-38)41-22-7-5-21(6-8-22)39-19(2)25(10-13-36)31(37-39)20-4-9-26(32)27(33)16-20/h4-9,16-19,23,25H,3,10-12,14-15H2,1-2H3/t19-,25-/m1/s1. The van der Waals surface area contributed by atoms with Crippen LogP contribution in [0.3, 0.4) is 0 Å². The van der Waals surface area contributed by atoms with Gasteiger partial charge in [0.05, 0.1) is 35.8 Å². The van der Waals surface area contributed by atoms with Crippen LogP contribution in [0, 0.1) is 40.5 Å². The zero-order valence-corrected chi connectivity index (χ0v) is 22.8. The molecule has 0 saturated carbocycles. The highest BCUT2D eigenvalue weighted by atomic mass is 19.2. The quantitative estimate of drug-likeness (QED) is 0.280. The van der Waals surface area contributed by atoms with Crippen LogP contribution in [0.4, 0.5) is 28.9 Å². The van der Waals surface area contributed by atoms with E-state index in [1.165, 1.54) is 12.1 Å². The maximum atomic E-state index is 14.5. The number of ether oxygens (including phenoxy) is 2. The first-order valence-corrected chi connectivity index (χ1v) is 13.6. The Hall–Kier alpha value is -4.26. The minimum atomic E-state index is -0.962. The number of hydrogen-bond donors (Lipinski definition) is 0. The Morgan fingerprint density at radius 2 is 1.66 bits per heavy atom. The van der Waals surface area contributed by atoms with Crippen LogP contribution in [-0.2, 0) is 0 Å². The lowest BCUT2D eigenvalue weighted by atomic mass is 9.89. The van der Waals surface area contributed by atoms with E-state index in [9.17, 15) is 22.8 Å². The molecule has 1 fully saturated rings. The lowest BCUT2D eigenvalue weighted by Crippen LogP contribution is -2.38. The minimum absolute atomic E-state index is 0.0937. The molecule has 2 aliphatic heterocycles. The zero-order chi connectivity index (χ0) is 29.1. The monoisotopic (exact) mass is 566 g/mol. The van der Waals surface area contributed by atoms with Crippen molar-refractivity contribution in [2.24, 2.45) is 11.0 Å². The summed E-state index contributed by atoms with van der Waals surface area (Å²) in [6.07, 6.45) is 1.34. The molecular weight excluding hydrogens is 536 g/mol. The number of benzene rings is 3. The first-order valence-electron chi connectivity index (χ1n) is 13.6. The maximum absolute atomic E-state index is 14.5. The molecule has 214 valence electrons. The van der Waals surface area contributed by atoms with E-state index in [0.29, 0.717) is 55.3 Å². The predicted octanol–water partition coefficient (Wildman–Crippen LogP) is 6.83. The summed E-state index contributed by atoms with van der Waals surface area (Å²) in [5, 5.41) is 15.9. The molecule has 0 aromatic heterocycles. The SMILES string of the molecule is CCOc1cc(F)c(F)c(N2CCC(Oc3ccc(N4N=C(c5ccc(F)c(F)c5)[C@H](CC#N)[C@H]4C)cc3)CC2)c1. The molecule has 1 saturated heterocycles. The summed E-state index contributed by atoms with van der Waals surface area (Å²) in [6, 6.07) is 15.6. The number of halogens is 4. The van der Waals surface area contributed by atoms with Crippen molar-refractivity contribution < 1.29 is 27.0 Å². The van der Waals surface area contributed by atoms with Gasteiger partial charge in [-0.1, -0.05) is 0 Å². The summed E-state index contributed by atoms with van der Waals surface area (Å²) >= 11 is 0. The maximum Gasteiger partial charge on any atom is 0.182 e. The van der Waals surface area contributed by atoms with E-state index < -0.39 is 23.3 Å². The molecule has 2 atom stereocenters. The Bertz CT molecular complexity index is 1470. The van der Waals surface area contributed by atoms with Crippen molar-refractivity contribution in [3.8, 4) is 17.6 Å². The average molecular weight is 567 g/mol. The molecule has 41 heavy (non-hydrogen) atoms. The Morgan fingerprint density at radius 3 is 2.32 bits per heavy atom. The van der Waals surface area contributed by atoms with E-state index >= 15 is 0 Å². The zero-order valence-electron chi connectivity index (χ0n) is 22.8. The molecule has 2 heterocycles. The van der Waals surface area contributed by atoms with Gasteiger partial charge < -0.3 is 14.4 Å². The third-order valence-corrected chi connectivity index (χ3v) is 7.54. The van der Waals surface area contributed by atoms with Gasteiger partial charge in [-0.25, -0.2) is 17.6 Å². The number of hydrogen-bond acceptors (Lipinski definition) is 6. The number of hydrazone groups is 1. The number of piperidine rings is 1. The molecule has 0 N–H and O–H groups in total. The average Bonchev–Trinajstić information content (AvgIpc) is 3.29. The van der Waals surface area contributed by atoms with Crippen molar-refractivity contribution in [1.82, 2.24) is 0 Å². The Labute approximate surface area is 236 Å². The number of nitrogens with zero attached hydrogens (tertiary/aromatic N) is 4. The van der Waals surface area contributed by atoms with Crippen LogP contribution in [0.2, 0.25) is 0 Å². The molecule has 0 aliphatic carbocycles. The van der Waals surface area contributed by atoms with E-state index in [1.807, 2.05) is 31.2 Å². The first-order chi connectivity index (χ1) is 19.8. The van der Waals surface area contributed by atoms with Gasteiger partial charge in [0.2, 0.25) is 0 Å². The fourth-order valence-corrected chi connectivity index (χ4v) is 5.38. The van der Waals surface area contributed by atoms with Gasteiger partial charge in [0, 0.05) is 56.0 Å². The van der Waals surface area contributed by atoms with E-state index in [0.717, 1.165) is 23.9 Å². The third-order valence-electron chi connectivity index (χ3n) is 7.54. The molecule has 2 aliphatic rings. The lowest BCUT2D eigenvalue weighted by Gasteiger charge is -2.34. The van der Waals surface area contributed by atoms with Crippen molar-refractivity contribution in [1.29, 1.82) is 5.26 Å². The van der Waals surface area contributed by atoms with Crippen LogP contribution in [0.5, 0.6) is 11.5 Å². The van der Waals surface area contributed by atoms with Gasteiger partial charge in [-0.3, -0.25) is 5.01 Å². The molecule has 0 unspecified atom stereocenters. The van der Waals surface area contributed by atoms with Crippen molar-refractivity contribution in [3.05, 3.63) is 83.4 Å². The largest absolute Gasteiger partial charge is 0.494 e. The molecule has 5 rings (SSSR count). The second-order valence-electron chi connectivity index (χ2n) is 10.1. The summed E-state index contributed by atoms with van der Waals surface area (Å²) in [7, 11) is 0. The van der Waals surface area contributed by atoms with Crippen molar-refractivity contribution in [2.75, 3.05) is 29.6 Å². The molecule has 10 heteroatoms. The fraction of sp³-hybridized carbons (Fsp3) is 0.355. The summed E-state index contributed by atoms with van der Waals surface area (Å²) in [5.74, 6) is -3.04. The lowest BCUT2D eigenvalue weighted by molar-refractivity contribution is 0.170. The van der Waals surface area contributed by atoms with Crippen LogP contribution in [0.25, 0.3) is 0 Å². The minimum Gasteiger partial charge on any atom is -0.494 e. The molecule has 6 nitrogen and oxygen atoms in total. The number of anilines is 2. The Kier molecular flexibility index (Phi) is 8.34. The van der Waals surface area contributed by atoms with Gasteiger partial charge in [0.1, 0.15) is 17.6 Å². The second kappa shape index (κ2) is 12.1. The van der Waals surface area contributed by atoms with Crippen molar-refractivity contribution in [2.45, 2.75) is 45.3 Å². The van der Waals surface area contributed by atoms with Crippen molar-refractivity contribution in [3.63, 3.8) is 0 Å². The smallest absolute Gasteiger partial charge is 0.182 e. The molecule has 0 radical (unpaired) electrons. The van der Waals surface area contributed by atoms with Crippen LogP contribution in [0.1, 0.15) is 38.7 Å².